The van der Waals surface area contributed by atoms with Gasteiger partial charge in [-0.3, -0.25) is 14.6 Å². The number of carbonyl (C=O) groups is 2. The van der Waals surface area contributed by atoms with Gasteiger partial charge in [-0.1, -0.05) is 25.1 Å². The normalized spacial score (nSPS) is 21.5. The number of pyridine rings is 1. The van der Waals surface area contributed by atoms with Gasteiger partial charge in [-0.15, -0.1) is 0 Å². The molecule has 0 spiro atoms. The molecular formula is C23H27N3O2. The van der Waals surface area contributed by atoms with Gasteiger partial charge in [0.25, 0.3) is 11.8 Å². The van der Waals surface area contributed by atoms with Crippen LogP contribution < -0.4 is 4.90 Å². The number of rotatable bonds is 3. The standard InChI is InChI=1S/C23H27N3O2/c1-3-19-9-6-7-13-25(19)22(27)18-11-12-24-20(15-18)23(28)26-16(2)14-17-8-4-5-10-21(17)26/h4-5,8,10-12,15-16,19H,3,6-7,9,13-14H2,1-2H3. The van der Waals surface area contributed by atoms with E-state index >= 15 is 0 Å². The number of benzene rings is 1. The molecule has 1 aromatic carbocycles. The minimum atomic E-state index is -0.141. The second kappa shape index (κ2) is 7.74. The van der Waals surface area contributed by atoms with Crippen molar-refractivity contribution in [3.8, 4) is 0 Å². The Morgan fingerprint density at radius 1 is 1.14 bits per heavy atom. The van der Waals surface area contributed by atoms with Gasteiger partial charge in [0.2, 0.25) is 0 Å². The van der Waals surface area contributed by atoms with Crippen molar-refractivity contribution in [3.63, 3.8) is 0 Å². The summed E-state index contributed by atoms with van der Waals surface area (Å²) in [5.74, 6) is -0.129. The number of hydrogen-bond donors (Lipinski definition) is 0. The minimum Gasteiger partial charge on any atom is -0.336 e. The van der Waals surface area contributed by atoms with Crippen molar-refractivity contribution in [2.24, 2.45) is 0 Å². The predicted molar refractivity (Wildman–Crippen MR) is 110 cm³/mol. The Kier molecular flexibility index (Phi) is 5.16. The summed E-state index contributed by atoms with van der Waals surface area (Å²) in [6, 6.07) is 11.8. The number of nitrogens with zero attached hydrogens (tertiary/aromatic N) is 3. The van der Waals surface area contributed by atoms with Gasteiger partial charge in [0.05, 0.1) is 0 Å². The van der Waals surface area contributed by atoms with E-state index in [9.17, 15) is 9.59 Å². The van der Waals surface area contributed by atoms with E-state index in [1.165, 1.54) is 12.0 Å². The first-order valence-electron chi connectivity index (χ1n) is 10.3. The van der Waals surface area contributed by atoms with Crippen molar-refractivity contribution in [1.29, 1.82) is 0 Å². The van der Waals surface area contributed by atoms with Gasteiger partial charge in [0, 0.05) is 36.1 Å². The fraction of sp³-hybridized carbons (Fsp3) is 0.435. The number of hydrogen-bond acceptors (Lipinski definition) is 3. The molecular weight excluding hydrogens is 350 g/mol. The number of amides is 2. The Bertz CT molecular complexity index is 895. The van der Waals surface area contributed by atoms with E-state index in [0.717, 1.165) is 37.9 Å². The minimum absolute atomic E-state index is 0.0119. The average molecular weight is 377 g/mol. The molecule has 0 N–H and O–H groups in total. The van der Waals surface area contributed by atoms with Crippen LogP contribution in [0.1, 0.15) is 65.9 Å². The van der Waals surface area contributed by atoms with Crippen LogP contribution in [0.15, 0.2) is 42.6 Å². The van der Waals surface area contributed by atoms with E-state index in [1.807, 2.05) is 34.9 Å². The van der Waals surface area contributed by atoms with Gasteiger partial charge in [-0.2, -0.15) is 0 Å². The molecule has 0 bridgehead atoms. The van der Waals surface area contributed by atoms with Crippen LogP contribution in [-0.4, -0.2) is 40.3 Å². The monoisotopic (exact) mass is 377 g/mol. The van der Waals surface area contributed by atoms with Crippen molar-refractivity contribution >= 4 is 17.5 Å². The number of carbonyl (C=O) groups excluding carboxylic acids is 2. The lowest BCUT2D eigenvalue weighted by Crippen LogP contribution is -2.43. The first-order chi connectivity index (χ1) is 13.6. The average Bonchev–Trinajstić information content (AvgIpc) is 3.08. The van der Waals surface area contributed by atoms with Crippen LogP contribution in [-0.2, 0) is 6.42 Å². The highest BCUT2D eigenvalue weighted by molar-refractivity contribution is 6.07. The summed E-state index contributed by atoms with van der Waals surface area (Å²) >= 11 is 0. The smallest absolute Gasteiger partial charge is 0.277 e. The van der Waals surface area contributed by atoms with Crippen LogP contribution in [0.4, 0.5) is 5.69 Å². The fourth-order valence-electron chi connectivity index (χ4n) is 4.54. The van der Waals surface area contributed by atoms with Crippen molar-refractivity contribution in [2.45, 2.75) is 58.0 Å². The van der Waals surface area contributed by atoms with E-state index in [-0.39, 0.29) is 17.9 Å². The summed E-state index contributed by atoms with van der Waals surface area (Å²) in [5, 5.41) is 0. The van der Waals surface area contributed by atoms with Gasteiger partial charge >= 0.3 is 0 Å². The zero-order valence-corrected chi connectivity index (χ0v) is 16.6. The van der Waals surface area contributed by atoms with Crippen molar-refractivity contribution in [3.05, 3.63) is 59.4 Å². The first kappa shape index (κ1) is 18.7. The Hall–Kier alpha value is -2.69. The molecule has 146 valence electrons. The molecule has 2 atom stereocenters. The van der Waals surface area contributed by atoms with E-state index in [1.54, 1.807) is 18.3 Å². The molecule has 0 aliphatic carbocycles. The molecule has 1 aromatic heterocycles. The Balaban J connectivity index is 1.60. The van der Waals surface area contributed by atoms with Crippen LogP contribution in [0, 0.1) is 0 Å². The van der Waals surface area contributed by atoms with Gasteiger partial charge in [-0.25, -0.2) is 0 Å². The summed E-state index contributed by atoms with van der Waals surface area (Å²) in [6.45, 7) is 4.97. The zero-order valence-electron chi connectivity index (χ0n) is 16.6. The number of piperidine rings is 1. The number of fused-ring (bicyclic) bond motifs is 1. The molecule has 0 radical (unpaired) electrons. The second-order valence-electron chi connectivity index (χ2n) is 7.84. The molecule has 3 heterocycles. The van der Waals surface area contributed by atoms with Crippen LogP contribution >= 0.6 is 0 Å². The predicted octanol–water partition coefficient (Wildman–Crippen LogP) is 4.08. The van der Waals surface area contributed by atoms with Crippen molar-refractivity contribution in [2.75, 3.05) is 11.4 Å². The number of aromatic nitrogens is 1. The molecule has 28 heavy (non-hydrogen) atoms. The third-order valence-electron chi connectivity index (χ3n) is 6.01. The lowest BCUT2D eigenvalue weighted by molar-refractivity contribution is 0.0608. The summed E-state index contributed by atoms with van der Waals surface area (Å²) in [7, 11) is 0. The third kappa shape index (κ3) is 3.30. The molecule has 5 nitrogen and oxygen atoms in total. The highest BCUT2D eigenvalue weighted by Crippen LogP contribution is 2.33. The summed E-state index contributed by atoms with van der Waals surface area (Å²) in [6.07, 6.45) is 6.66. The lowest BCUT2D eigenvalue weighted by Gasteiger charge is -2.35. The third-order valence-corrected chi connectivity index (χ3v) is 6.01. The lowest BCUT2D eigenvalue weighted by atomic mass is 9.99. The summed E-state index contributed by atoms with van der Waals surface area (Å²) in [4.78, 5) is 34.4. The maximum atomic E-state index is 13.2. The number of para-hydroxylation sites is 1. The second-order valence-corrected chi connectivity index (χ2v) is 7.84. The Labute approximate surface area is 166 Å². The summed E-state index contributed by atoms with van der Waals surface area (Å²) in [5.41, 5.74) is 3.01. The van der Waals surface area contributed by atoms with Gasteiger partial charge in [0.15, 0.2) is 0 Å². The van der Waals surface area contributed by atoms with Gasteiger partial charge in [-0.05, 0) is 62.8 Å². The molecule has 0 saturated carbocycles. The molecule has 2 amide bonds. The molecule has 4 rings (SSSR count). The highest BCUT2D eigenvalue weighted by atomic mass is 16.2. The molecule has 2 aromatic rings. The van der Waals surface area contributed by atoms with Crippen LogP contribution in [0.25, 0.3) is 0 Å². The highest BCUT2D eigenvalue weighted by Gasteiger charge is 2.32. The topological polar surface area (TPSA) is 53.5 Å². The van der Waals surface area contributed by atoms with Gasteiger partial charge < -0.3 is 9.80 Å². The molecule has 2 unspecified atom stereocenters. The molecule has 5 heteroatoms. The number of anilines is 1. The Morgan fingerprint density at radius 2 is 1.96 bits per heavy atom. The van der Waals surface area contributed by atoms with Crippen molar-refractivity contribution < 1.29 is 9.59 Å². The van der Waals surface area contributed by atoms with E-state index < -0.39 is 0 Å². The van der Waals surface area contributed by atoms with Gasteiger partial charge in [0.1, 0.15) is 5.69 Å². The first-order valence-corrected chi connectivity index (χ1v) is 10.3. The quantitative estimate of drug-likeness (QED) is 0.810. The molecule has 2 aliphatic rings. The van der Waals surface area contributed by atoms with E-state index in [4.69, 9.17) is 0 Å². The van der Waals surface area contributed by atoms with E-state index in [0.29, 0.717) is 17.3 Å². The summed E-state index contributed by atoms with van der Waals surface area (Å²) < 4.78 is 0. The van der Waals surface area contributed by atoms with Crippen LogP contribution in [0.3, 0.4) is 0 Å². The number of likely N-dealkylation sites (tertiary alicyclic amines) is 1. The van der Waals surface area contributed by atoms with Crippen molar-refractivity contribution in [1.82, 2.24) is 9.88 Å². The Morgan fingerprint density at radius 3 is 2.79 bits per heavy atom. The van der Waals surface area contributed by atoms with Crippen LogP contribution in [0.2, 0.25) is 0 Å². The van der Waals surface area contributed by atoms with Crippen LogP contribution in [0.5, 0.6) is 0 Å². The SMILES string of the molecule is CCC1CCCCN1C(=O)c1ccnc(C(=O)N2c3ccccc3CC2C)c1. The zero-order chi connectivity index (χ0) is 19.7. The maximum Gasteiger partial charge on any atom is 0.277 e. The molecule has 1 fully saturated rings. The maximum absolute atomic E-state index is 13.2. The molecule has 1 saturated heterocycles. The fourth-order valence-corrected chi connectivity index (χ4v) is 4.54. The molecule has 2 aliphatic heterocycles. The largest absolute Gasteiger partial charge is 0.336 e. The van der Waals surface area contributed by atoms with E-state index in [2.05, 4.69) is 18.0 Å².